The zero-order valence-corrected chi connectivity index (χ0v) is 12.2. The highest BCUT2D eigenvalue weighted by atomic mass is 19.1. The largest absolute Gasteiger partial charge is 0.391 e. The summed E-state index contributed by atoms with van der Waals surface area (Å²) in [5, 5.41) is 14.6. The molecule has 0 spiro atoms. The summed E-state index contributed by atoms with van der Waals surface area (Å²) in [6.45, 7) is 3.77. The Labute approximate surface area is 123 Å². The minimum absolute atomic E-state index is 0.0900. The predicted octanol–water partition coefficient (Wildman–Crippen LogP) is 1.08. The topological polar surface area (TPSA) is 78.4 Å². The number of rotatable bonds is 7. The number of aliphatic hydroxyl groups excluding tert-OH is 1. The first-order chi connectivity index (χ1) is 9.93. The molecule has 21 heavy (non-hydrogen) atoms. The van der Waals surface area contributed by atoms with Gasteiger partial charge >= 0.3 is 0 Å². The molecule has 2 amide bonds. The lowest BCUT2D eigenvalue weighted by molar-refractivity contribution is -0.120. The predicted molar refractivity (Wildman–Crippen MR) is 77.2 cm³/mol. The Hall–Kier alpha value is -1.95. The molecule has 0 fully saturated rings. The Morgan fingerprint density at radius 1 is 1.33 bits per heavy atom. The average molecular weight is 296 g/mol. The van der Waals surface area contributed by atoms with E-state index in [1.807, 2.05) is 13.8 Å². The van der Waals surface area contributed by atoms with E-state index in [2.05, 4.69) is 10.6 Å². The van der Waals surface area contributed by atoms with Gasteiger partial charge in [0, 0.05) is 12.1 Å². The molecule has 0 bridgehead atoms. The van der Waals surface area contributed by atoms with Gasteiger partial charge in [-0.05, 0) is 24.1 Å². The van der Waals surface area contributed by atoms with E-state index in [0.717, 1.165) is 12.5 Å². The summed E-state index contributed by atoms with van der Waals surface area (Å²) >= 11 is 0. The van der Waals surface area contributed by atoms with Crippen molar-refractivity contribution in [3.8, 4) is 0 Å². The van der Waals surface area contributed by atoms with Crippen LogP contribution in [0.1, 0.15) is 30.6 Å². The van der Waals surface area contributed by atoms with Crippen LogP contribution < -0.4 is 10.6 Å². The second kappa shape index (κ2) is 8.36. The molecular weight excluding hydrogens is 275 g/mol. The van der Waals surface area contributed by atoms with Crippen molar-refractivity contribution in [1.82, 2.24) is 10.6 Å². The number of hydrogen-bond donors (Lipinski definition) is 3. The lowest BCUT2D eigenvalue weighted by Crippen LogP contribution is -2.41. The van der Waals surface area contributed by atoms with Crippen molar-refractivity contribution in [2.75, 3.05) is 13.1 Å². The number of nitrogens with one attached hydrogen (secondary N) is 2. The fraction of sp³-hybridized carbons (Fsp3) is 0.467. The highest BCUT2D eigenvalue weighted by Gasteiger charge is 2.14. The van der Waals surface area contributed by atoms with E-state index in [9.17, 15) is 19.1 Å². The number of aliphatic hydroxyl groups is 1. The Bertz CT molecular complexity index is 494. The van der Waals surface area contributed by atoms with Crippen molar-refractivity contribution < 1.29 is 19.1 Å². The number of benzene rings is 1. The highest BCUT2D eigenvalue weighted by molar-refractivity contribution is 5.96. The molecule has 0 aliphatic carbocycles. The first-order valence-electron chi connectivity index (χ1n) is 6.92. The van der Waals surface area contributed by atoms with Crippen molar-refractivity contribution in [3.63, 3.8) is 0 Å². The van der Waals surface area contributed by atoms with Crippen LogP contribution in [0.5, 0.6) is 0 Å². The zero-order valence-electron chi connectivity index (χ0n) is 12.2. The van der Waals surface area contributed by atoms with Crippen molar-refractivity contribution in [2.24, 2.45) is 5.92 Å². The maximum absolute atomic E-state index is 13.0. The van der Waals surface area contributed by atoms with E-state index in [1.165, 1.54) is 18.2 Å². The van der Waals surface area contributed by atoms with Crippen LogP contribution in [0, 0.1) is 11.7 Å². The van der Waals surface area contributed by atoms with Gasteiger partial charge in [-0.25, -0.2) is 4.39 Å². The van der Waals surface area contributed by atoms with E-state index >= 15 is 0 Å². The van der Waals surface area contributed by atoms with Gasteiger partial charge in [-0.3, -0.25) is 9.59 Å². The van der Waals surface area contributed by atoms with E-state index in [0.29, 0.717) is 0 Å². The first-order valence-corrected chi connectivity index (χ1v) is 6.92. The number of carbonyl (C=O) groups is 2. The van der Waals surface area contributed by atoms with Gasteiger partial charge in [-0.2, -0.15) is 0 Å². The van der Waals surface area contributed by atoms with Crippen LogP contribution in [0.3, 0.4) is 0 Å². The third-order valence-corrected chi connectivity index (χ3v) is 3.31. The van der Waals surface area contributed by atoms with Gasteiger partial charge in [-0.1, -0.05) is 26.3 Å². The van der Waals surface area contributed by atoms with Crippen LogP contribution in [0.25, 0.3) is 0 Å². The number of carbonyl (C=O) groups excluding carboxylic acids is 2. The molecule has 0 heterocycles. The van der Waals surface area contributed by atoms with Crippen molar-refractivity contribution in [3.05, 3.63) is 35.6 Å². The smallest absolute Gasteiger partial charge is 0.251 e. The van der Waals surface area contributed by atoms with Gasteiger partial charge in [-0.15, -0.1) is 0 Å². The Morgan fingerprint density at radius 2 is 2.05 bits per heavy atom. The summed E-state index contributed by atoms with van der Waals surface area (Å²) in [4.78, 5) is 23.2. The molecule has 6 heteroatoms. The summed E-state index contributed by atoms with van der Waals surface area (Å²) < 4.78 is 13.0. The van der Waals surface area contributed by atoms with Crippen molar-refractivity contribution >= 4 is 11.8 Å². The van der Waals surface area contributed by atoms with Gasteiger partial charge in [0.15, 0.2) is 0 Å². The highest BCUT2D eigenvalue weighted by Crippen LogP contribution is 2.06. The number of halogens is 1. The first kappa shape index (κ1) is 17.1. The Morgan fingerprint density at radius 3 is 2.67 bits per heavy atom. The molecule has 1 aromatic carbocycles. The standard InChI is InChI=1S/C15H21FN2O3/c1-3-10(2)13(19)8-17-14(20)9-18-15(21)11-5-4-6-12(16)7-11/h4-7,10,13,19H,3,8-9H2,1-2H3,(H,17,20)(H,18,21). The molecule has 5 nitrogen and oxygen atoms in total. The van der Waals surface area contributed by atoms with Gasteiger partial charge in [0.25, 0.3) is 5.91 Å². The molecule has 116 valence electrons. The normalized spacial score (nSPS) is 13.3. The maximum Gasteiger partial charge on any atom is 0.251 e. The molecule has 2 unspecified atom stereocenters. The van der Waals surface area contributed by atoms with Crippen molar-refractivity contribution in [1.29, 1.82) is 0 Å². The Balaban J connectivity index is 2.34. The quantitative estimate of drug-likeness (QED) is 0.704. The average Bonchev–Trinajstić information content (AvgIpc) is 2.49. The van der Waals surface area contributed by atoms with Crippen molar-refractivity contribution in [2.45, 2.75) is 26.4 Å². The van der Waals surface area contributed by atoms with E-state index in [-0.39, 0.29) is 24.6 Å². The molecule has 0 radical (unpaired) electrons. The van der Waals surface area contributed by atoms with E-state index in [4.69, 9.17) is 0 Å². The SMILES string of the molecule is CCC(C)C(O)CNC(=O)CNC(=O)c1cccc(F)c1. The molecule has 0 saturated carbocycles. The van der Waals surface area contributed by atoms with E-state index < -0.39 is 23.7 Å². The zero-order chi connectivity index (χ0) is 15.8. The monoisotopic (exact) mass is 296 g/mol. The lowest BCUT2D eigenvalue weighted by atomic mass is 10.0. The second-order valence-electron chi connectivity index (χ2n) is 4.95. The van der Waals surface area contributed by atoms with Crippen LogP contribution in [0.2, 0.25) is 0 Å². The van der Waals surface area contributed by atoms with Crippen LogP contribution in [-0.4, -0.2) is 36.1 Å². The molecule has 3 N–H and O–H groups in total. The second-order valence-corrected chi connectivity index (χ2v) is 4.95. The van der Waals surface area contributed by atoms with Crippen LogP contribution in [0.4, 0.5) is 4.39 Å². The summed E-state index contributed by atoms with van der Waals surface area (Å²) in [5.74, 6) is -1.34. The van der Waals surface area contributed by atoms with Gasteiger partial charge in [0.2, 0.25) is 5.91 Å². The van der Waals surface area contributed by atoms with Crippen LogP contribution >= 0.6 is 0 Å². The fourth-order valence-electron chi connectivity index (χ4n) is 1.65. The lowest BCUT2D eigenvalue weighted by Gasteiger charge is -2.17. The minimum Gasteiger partial charge on any atom is -0.391 e. The van der Waals surface area contributed by atoms with Crippen LogP contribution in [0.15, 0.2) is 24.3 Å². The summed E-state index contributed by atoms with van der Waals surface area (Å²) in [6, 6.07) is 5.22. The van der Waals surface area contributed by atoms with E-state index in [1.54, 1.807) is 0 Å². The third kappa shape index (κ3) is 5.91. The molecule has 1 rings (SSSR count). The molecule has 2 atom stereocenters. The summed E-state index contributed by atoms with van der Waals surface area (Å²) in [6.07, 6.45) is 0.200. The molecule has 0 aliphatic heterocycles. The van der Waals surface area contributed by atoms with Gasteiger partial charge < -0.3 is 15.7 Å². The molecule has 0 aliphatic rings. The minimum atomic E-state index is -0.613. The third-order valence-electron chi connectivity index (χ3n) is 3.31. The molecule has 0 saturated heterocycles. The molecule has 0 aromatic heterocycles. The van der Waals surface area contributed by atoms with Crippen LogP contribution in [-0.2, 0) is 4.79 Å². The molecule has 1 aromatic rings. The summed E-state index contributed by atoms with van der Waals surface area (Å²) in [5.41, 5.74) is 0.155. The Kier molecular flexibility index (Phi) is 6.81. The molecular formula is C15H21FN2O3. The number of hydrogen-bond acceptors (Lipinski definition) is 3. The van der Waals surface area contributed by atoms with Gasteiger partial charge in [0.05, 0.1) is 12.6 Å². The van der Waals surface area contributed by atoms with Gasteiger partial charge in [0.1, 0.15) is 5.82 Å². The maximum atomic E-state index is 13.0. The summed E-state index contributed by atoms with van der Waals surface area (Å²) in [7, 11) is 0. The number of amides is 2. The fourth-order valence-corrected chi connectivity index (χ4v) is 1.65.